The molecule has 5 N–H and O–H groups in total. The number of urea groups is 1. The first-order valence-corrected chi connectivity index (χ1v) is 13.4. The van der Waals surface area contributed by atoms with E-state index in [2.05, 4.69) is 10.6 Å². The molecule has 9 nitrogen and oxygen atoms in total. The Morgan fingerprint density at radius 3 is 2.00 bits per heavy atom. The standard InChI is InChI=1S/C26H44N2O7/c29-21(14-13-20-24(34)28-25(35)27-20)19-10-9-17-26(18-19,15-7-3-1-5-11-22(30)31)16-8-4-2-6-12-23(32)33/h19-21,29H,1-18H2,(H,30,31)(H,32,33)(H2,27,28,34,35). The van der Waals surface area contributed by atoms with Crippen molar-refractivity contribution in [2.45, 2.75) is 128 Å². The van der Waals surface area contributed by atoms with Gasteiger partial charge in [-0.25, -0.2) is 4.79 Å². The molecule has 0 aromatic heterocycles. The number of hydrogen-bond donors (Lipinski definition) is 5. The fourth-order valence-electron chi connectivity index (χ4n) is 5.90. The van der Waals surface area contributed by atoms with E-state index >= 15 is 0 Å². The molecule has 2 aliphatic rings. The Morgan fingerprint density at radius 1 is 0.914 bits per heavy atom. The molecule has 3 atom stereocenters. The molecule has 2 fully saturated rings. The zero-order valence-electron chi connectivity index (χ0n) is 20.9. The van der Waals surface area contributed by atoms with E-state index in [1.807, 2.05) is 0 Å². The molecular weight excluding hydrogens is 452 g/mol. The van der Waals surface area contributed by atoms with Crippen LogP contribution in [0.15, 0.2) is 0 Å². The molecule has 0 aromatic rings. The maximum Gasteiger partial charge on any atom is 0.322 e. The summed E-state index contributed by atoms with van der Waals surface area (Å²) >= 11 is 0. The van der Waals surface area contributed by atoms with Crippen molar-refractivity contribution in [1.82, 2.24) is 10.6 Å². The summed E-state index contributed by atoms with van der Waals surface area (Å²) < 4.78 is 0. The number of carbonyl (C=O) groups excluding carboxylic acids is 2. The Hall–Kier alpha value is -2.16. The zero-order chi connectivity index (χ0) is 25.7. The number of rotatable bonds is 18. The number of amides is 3. The molecule has 0 spiro atoms. The Balaban J connectivity index is 1.86. The van der Waals surface area contributed by atoms with Crippen LogP contribution >= 0.6 is 0 Å². The van der Waals surface area contributed by atoms with E-state index in [9.17, 15) is 24.3 Å². The number of imide groups is 1. The highest BCUT2D eigenvalue weighted by atomic mass is 16.4. The first-order valence-electron chi connectivity index (χ1n) is 13.4. The molecule has 0 bridgehead atoms. The van der Waals surface area contributed by atoms with Gasteiger partial charge in [-0.05, 0) is 69.1 Å². The van der Waals surface area contributed by atoms with Crippen molar-refractivity contribution in [1.29, 1.82) is 0 Å². The van der Waals surface area contributed by atoms with E-state index in [0.29, 0.717) is 25.7 Å². The Labute approximate surface area is 208 Å². The highest BCUT2D eigenvalue weighted by molar-refractivity contribution is 6.04. The molecular formula is C26H44N2O7. The molecule has 2 rings (SSSR count). The first kappa shape index (κ1) is 29.1. The van der Waals surface area contributed by atoms with Crippen LogP contribution in [0.1, 0.15) is 116 Å². The number of hydrogen-bond acceptors (Lipinski definition) is 5. The van der Waals surface area contributed by atoms with Crippen LogP contribution in [-0.4, -0.2) is 51.3 Å². The number of aliphatic hydroxyl groups excluding tert-OH is 1. The SMILES string of the molecule is O=C(O)CCCCCCC1(CCCCCCC(=O)O)CCCC(C(O)CCC2NC(=O)NC2=O)C1. The minimum absolute atomic E-state index is 0.155. The van der Waals surface area contributed by atoms with E-state index in [1.165, 1.54) is 0 Å². The fraction of sp³-hybridized carbons (Fsp3) is 0.846. The molecule has 9 heteroatoms. The van der Waals surface area contributed by atoms with Gasteiger partial charge in [0.25, 0.3) is 5.91 Å². The number of aliphatic hydroxyl groups is 1. The second kappa shape index (κ2) is 15.1. The van der Waals surface area contributed by atoms with Crippen molar-refractivity contribution < 1.29 is 34.5 Å². The van der Waals surface area contributed by atoms with Crippen LogP contribution in [0.4, 0.5) is 4.79 Å². The molecule has 0 aromatic carbocycles. The molecule has 3 unspecified atom stereocenters. The predicted octanol–water partition coefficient (Wildman–Crippen LogP) is 4.36. The molecule has 0 radical (unpaired) electrons. The Morgan fingerprint density at radius 2 is 1.49 bits per heavy atom. The average molecular weight is 497 g/mol. The molecule has 200 valence electrons. The number of carboxylic acid groups (broad SMARTS) is 2. The molecule has 1 saturated carbocycles. The van der Waals surface area contributed by atoms with Gasteiger partial charge in [0.15, 0.2) is 0 Å². The predicted molar refractivity (Wildman–Crippen MR) is 131 cm³/mol. The van der Waals surface area contributed by atoms with Gasteiger partial charge < -0.3 is 20.6 Å². The van der Waals surface area contributed by atoms with Gasteiger partial charge in [0.1, 0.15) is 6.04 Å². The van der Waals surface area contributed by atoms with Crippen LogP contribution in [0, 0.1) is 11.3 Å². The smallest absolute Gasteiger partial charge is 0.322 e. The lowest BCUT2D eigenvalue weighted by Gasteiger charge is -2.43. The van der Waals surface area contributed by atoms with Crippen molar-refractivity contribution in [3.63, 3.8) is 0 Å². The van der Waals surface area contributed by atoms with Crippen molar-refractivity contribution >= 4 is 23.9 Å². The lowest BCUT2D eigenvalue weighted by molar-refractivity contribution is -0.138. The summed E-state index contributed by atoms with van der Waals surface area (Å²) in [5.41, 5.74) is 0.155. The lowest BCUT2D eigenvalue weighted by atomic mass is 9.63. The summed E-state index contributed by atoms with van der Waals surface area (Å²) in [4.78, 5) is 44.6. The monoisotopic (exact) mass is 496 g/mol. The largest absolute Gasteiger partial charge is 0.481 e. The number of carbonyl (C=O) groups is 4. The number of nitrogens with one attached hydrogen (secondary N) is 2. The van der Waals surface area contributed by atoms with E-state index < -0.39 is 30.1 Å². The fourth-order valence-corrected chi connectivity index (χ4v) is 5.90. The molecule has 35 heavy (non-hydrogen) atoms. The molecule has 3 amide bonds. The average Bonchev–Trinajstić information content (AvgIpc) is 3.13. The van der Waals surface area contributed by atoms with Crippen LogP contribution in [-0.2, 0) is 14.4 Å². The zero-order valence-corrected chi connectivity index (χ0v) is 20.9. The highest BCUT2D eigenvalue weighted by Gasteiger charge is 2.38. The summed E-state index contributed by atoms with van der Waals surface area (Å²) in [6, 6.07) is -1.04. The van der Waals surface area contributed by atoms with Crippen LogP contribution in [0.25, 0.3) is 0 Å². The summed E-state index contributed by atoms with van der Waals surface area (Å²) in [7, 11) is 0. The molecule has 1 heterocycles. The minimum Gasteiger partial charge on any atom is -0.481 e. The third-order valence-corrected chi connectivity index (χ3v) is 7.83. The topological polar surface area (TPSA) is 153 Å². The van der Waals surface area contributed by atoms with Crippen LogP contribution < -0.4 is 10.6 Å². The Kier molecular flexibility index (Phi) is 12.5. The first-order chi connectivity index (χ1) is 16.7. The maximum absolute atomic E-state index is 11.8. The van der Waals surface area contributed by atoms with Crippen molar-refractivity contribution in [3.05, 3.63) is 0 Å². The minimum atomic E-state index is -0.747. The second-order valence-corrected chi connectivity index (χ2v) is 10.6. The van der Waals surface area contributed by atoms with E-state index in [4.69, 9.17) is 10.2 Å². The second-order valence-electron chi connectivity index (χ2n) is 10.6. The van der Waals surface area contributed by atoms with Gasteiger partial charge in [-0.1, -0.05) is 44.9 Å². The maximum atomic E-state index is 11.8. The third-order valence-electron chi connectivity index (χ3n) is 7.83. The van der Waals surface area contributed by atoms with Gasteiger partial charge in [-0.15, -0.1) is 0 Å². The number of unbranched alkanes of at least 4 members (excludes halogenated alkanes) is 6. The number of aliphatic carboxylic acids is 2. The van der Waals surface area contributed by atoms with Gasteiger partial charge >= 0.3 is 18.0 Å². The Bertz CT molecular complexity index is 686. The third kappa shape index (κ3) is 11.0. The van der Waals surface area contributed by atoms with Gasteiger partial charge in [0.2, 0.25) is 0 Å². The summed E-state index contributed by atoms with van der Waals surface area (Å²) in [6.07, 6.45) is 14.4. The van der Waals surface area contributed by atoms with E-state index in [-0.39, 0.29) is 30.1 Å². The highest BCUT2D eigenvalue weighted by Crippen LogP contribution is 2.48. The molecule has 1 saturated heterocycles. The van der Waals surface area contributed by atoms with Gasteiger partial charge in [0, 0.05) is 12.8 Å². The van der Waals surface area contributed by atoms with E-state index in [0.717, 1.165) is 77.0 Å². The lowest BCUT2D eigenvalue weighted by Crippen LogP contribution is -2.36. The van der Waals surface area contributed by atoms with Crippen molar-refractivity contribution in [2.24, 2.45) is 11.3 Å². The van der Waals surface area contributed by atoms with Crippen LogP contribution in [0.3, 0.4) is 0 Å². The van der Waals surface area contributed by atoms with Gasteiger partial charge in [0.05, 0.1) is 6.10 Å². The van der Waals surface area contributed by atoms with Crippen molar-refractivity contribution in [2.75, 3.05) is 0 Å². The quantitative estimate of drug-likeness (QED) is 0.139. The van der Waals surface area contributed by atoms with E-state index in [1.54, 1.807) is 0 Å². The summed E-state index contributed by atoms with van der Waals surface area (Å²) in [6.45, 7) is 0. The molecule has 1 aliphatic heterocycles. The molecule has 1 aliphatic carbocycles. The normalized spacial score (nSPS) is 22.4. The van der Waals surface area contributed by atoms with Crippen LogP contribution in [0.5, 0.6) is 0 Å². The van der Waals surface area contributed by atoms with Crippen molar-refractivity contribution in [3.8, 4) is 0 Å². The number of carboxylic acids is 2. The van der Waals surface area contributed by atoms with Crippen LogP contribution in [0.2, 0.25) is 0 Å². The summed E-state index contributed by atoms with van der Waals surface area (Å²) in [5.74, 6) is -1.65. The van der Waals surface area contributed by atoms with Gasteiger partial charge in [-0.2, -0.15) is 0 Å². The summed E-state index contributed by atoms with van der Waals surface area (Å²) in [5, 5.41) is 33.4. The van der Waals surface area contributed by atoms with Gasteiger partial charge in [-0.3, -0.25) is 19.7 Å².